The molecular formula is C19H18N4O3. The molecule has 7 heteroatoms. The minimum absolute atomic E-state index is 0.0650. The Balaban J connectivity index is 1.91. The lowest BCUT2D eigenvalue weighted by molar-refractivity contribution is -0.115. The van der Waals surface area contributed by atoms with Gasteiger partial charge in [0.25, 0.3) is 5.56 Å². The highest BCUT2D eigenvalue weighted by atomic mass is 16.6. The van der Waals surface area contributed by atoms with E-state index in [0.717, 1.165) is 10.2 Å². The number of fused-ring (bicyclic) bond motifs is 1. The fourth-order valence-electron chi connectivity index (χ4n) is 2.47. The van der Waals surface area contributed by atoms with E-state index in [0.29, 0.717) is 16.6 Å². The summed E-state index contributed by atoms with van der Waals surface area (Å²) in [6.45, 7) is 3.08. The summed E-state index contributed by atoms with van der Waals surface area (Å²) in [6, 6.07) is 16.5. The maximum absolute atomic E-state index is 12.6. The van der Waals surface area contributed by atoms with Gasteiger partial charge in [-0.15, -0.1) is 0 Å². The van der Waals surface area contributed by atoms with Gasteiger partial charge in [0.15, 0.2) is 12.4 Å². The molecule has 0 aliphatic rings. The van der Waals surface area contributed by atoms with Crippen molar-refractivity contribution in [1.29, 1.82) is 0 Å². The predicted molar refractivity (Wildman–Crippen MR) is 99.5 cm³/mol. The van der Waals surface area contributed by atoms with Crippen LogP contribution in [0.15, 0.2) is 64.5 Å². The minimum Gasteiger partial charge on any atom is -0.387 e. The van der Waals surface area contributed by atoms with Crippen LogP contribution < -0.4 is 11.0 Å². The topological polar surface area (TPSA) is 85.6 Å². The van der Waals surface area contributed by atoms with Gasteiger partial charge in [-0.1, -0.05) is 47.6 Å². The van der Waals surface area contributed by atoms with E-state index in [4.69, 9.17) is 4.84 Å². The molecule has 1 amide bonds. The van der Waals surface area contributed by atoms with Gasteiger partial charge in [0, 0.05) is 6.92 Å². The van der Waals surface area contributed by atoms with Crippen molar-refractivity contribution in [3.63, 3.8) is 0 Å². The molecule has 0 atom stereocenters. The Bertz CT molecular complexity index is 1030. The molecule has 0 saturated heterocycles. The molecule has 0 unspecified atom stereocenters. The summed E-state index contributed by atoms with van der Waals surface area (Å²) < 4.78 is 1.10. The van der Waals surface area contributed by atoms with E-state index in [-0.39, 0.29) is 23.9 Å². The third-order valence-corrected chi connectivity index (χ3v) is 3.70. The summed E-state index contributed by atoms with van der Waals surface area (Å²) in [6.07, 6.45) is 0. The van der Waals surface area contributed by atoms with Crippen molar-refractivity contribution in [2.24, 2.45) is 5.16 Å². The fraction of sp³-hybridized carbons (Fsp3) is 0.158. The van der Waals surface area contributed by atoms with E-state index in [1.54, 1.807) is 24.3 Å². The largest absolute Gasteiger partial charge is 0.387 e. The number of hydrogen-bond acceptors (Lipinski definition) is 5. The zero-order chi connectivity index (χ0) is 18.5. The highest BCUT2D eigenvalue weighted by Gasteiger charge is 2.12. The van der Waals surface area contributed by atoms with Crippen molar-refractivity contribution in [3.05, 3.63) is 76.3 Å². The van der Waals surface area contributed by atoms with Gasteiger partial charge < -0.3 is 4.84 Å². The van der Waals surface area contributed by atoms with E-state index >= 15 is 0 Å². The summed E-state index contributed by atoms with van der Waals surface area (Å²) in [5.74, 6) is -0.122. The van der Waals surface area contributed by atoms with Crippen LogP contribution in [0.1, 0.15) is 25.2 Å². The SMILES string of the molecule is CC(=O)Nn1c(CON=C(C)c2ccccc2)nc2ccccc2c1=O. The molecule has 0 radical (unpaired) electrons. The number of oxime groups is 1. The smallest absolute Gasteiger partial charge is 0.280 e. The molecule has 0 spiro atoms. The van der Waals surface area contributed by atoms with Crippen LogP contribution in [-0.2, 0) is 16.2 Å². The predicted octanol–water partition coefficient (Wildman–Crippen LogP) is 2.43. The number of nitrogens with one attached hydrogen (secondary N) is 1. The lowest BCUT2D eigenvalue weighted by Crippen LogP contribution is -2.35. The number of para-hydroxylation sites is 1. The van der Waals surface area contributed by atoms with Crippen LogP contribution in [0, 0.1) is 0 Å². The van der Waals surface area contributed by atoms with Crippen LogP contribution in [0.3, 0.4) is 0 Å². The third-order valence-electron chi connectivity index (χ3n) is 3.70. The number of carbonyl (C=O) groups is 1. The molecule has 1 heterocycles. The van der Waals surface area contributed by atoms with E-state index < -0.39 is 0 Å². The average molecular weight is 350 g/mol. The van der Waals surface area contributed by atoms with Crippen molar-refractivity contribution in [2.45, 2.75) is 20.5 Å². The highest BCUT2D eigenvalue weighted by Crippen LogP contribution is 2.09. The van der Waals surface area contributed by atoms with Gasteiger partial charge in [0.05, 0.1) is 16.6 Å². The van der Waals surface area contributed by atoms with Crippen LogP contribution in [0.5, 0.6) is 0 Å². The van der Waals surface area contributed by atoms with Gasteiger partial charge in [-0.25, -0.2) is 4.98 Å². The van der Waals surface area contributed by atoms with Crippen LogP contribution in [-0.4, -0.2) is 21.3 Å². The van der Waals surface area contributed by atoms with E-state index in [1.165, 1.54) is 6.92 Å². The van der Waals surface area contributed by atoms with Gasteiger partial charge in [0.1, 0.15) is 0 Å². The first-order valence-electron chi connectivity index (χ1n) is 8.06. The van der Waals surface area contributed by atoms with Crippen LogP contribution in [0.25, 0.3) is 10.9 Å². The molecule has 3 rings (SSSR count). The quantitative estimate of drug-likeness (QED) is 0.566. The first-order chi connectivity index (χ1) is 12.6. The second-order valence-electron chi connectivity index (χ2n) is 5.67. The maximum Gasteiger partial charge on any atom is 0.280 e. The maximum atomic E-state index is 12.6. The summed E-state index contributed by atoms with van der Waals surface area (Å²) in [5, 5.41) is 4.48. The average Bonchev–Trinajstić information content (AvgIpc) is 2.65. The lowest BCUT2D eigenvalue weighted by atomic mass is 10.1. The fourth-order valence-corrected chi connectivity index (χ4v) is 2.47. The number of hydrogen-bond donors (Lipinski definition) is 1. The molecule has 1 N–H and O–H groups in total. The second kappa shape index (κ2) is 7.60. The first-order valence-corrected chi connectivity index (χ1v) is 8.06. The number of aromatic nitrogens is 2. The third kappa shape index (κ3) is 3.77. The Morgan fingerprint density at radius 3 is 2.54 bits per heavy atom. The summed E-state index contributed by atoms with van der Waals surface area (Å²) in [5.41, 5.74) is 4.26. The Morgan fingerprint density at radius 1 is 1.12 bits per heavy atom. The minimum atomic E-state index is -0.380. The van der Waals surface area contributed by atoms with Crippen LogP contribution in [0.4, 0.5) is 0 Å². The van der Waals surface area contributed by atoms with Gasteiger partial charge in [-0.2, -0.15) is 4.68 Å². The standard InChI is InChI=1S/C19H18N4O3/c1-13(15-8-4-3-5-9-15)22-26-12-18-20-17-11-7-6-10-16(17)19(25)23(18)21-14(2)24/h3-11H,12H2,1-2H3,(H,21,24). The highest BCUT2D eigenvalue weighted by molar-refractivity contribution is 5.98. The summed E-state index contributed by atoms with van der Waals surface area (Å²) in [4.78, 5) is 33.9. The molecule has 1 aromatic heterocycles. The van der Waals surface area contributed by atoms with Crippen molar-refractivity contribution < 1.29 is 9.63 Å². The first kappa shape index (κ1) is 17.3. The van der Waals surface area contributed by atoms with Gasteiger partial charge >= 0.3 is 0 Å². The Hall–Kier alpha value is -3.48. The number of benzene rings is 2. The van der Waals surface area contributed by atoms with Crippen molar-refractivity contribution >= 4 is 22.5 Å². The van der Waals surface area contributed by atoms with E-state index in [2.05, 4.69) is 15.6 Å². The summed E-state index contributed by atoms with van der Waals surface area (Å²) in [7, 11) is 0. The molecule has 0 aliphatic heterocycles. The molecule has 0 fully saturated rings. The van der Waals surface area contributed by atoms with Crippen molar-refractivity contribution in [1.82, 2.24) is 9.66 Å². The zero-order valence-electron chi connectivity index (χ0n) is 14.5. The molecule has 0 bridgehead atoms. The molecule has 7 nitrogen and oxygen atoms in total. The van der Waals surface area contributed by atoms with Crippen molar-refractivity contribution in [2.75, 3.05) is 5.43 Å². The van der Waals surface area contributed by atoms with Gasteiger partial charge in [0.2, 0.25) is 5.91 Å². The number of carbonyl (C=O) groups excluding carboxylic acids is 1. The van der Waals surface area contributed by atoms with Crippen molar-refractivity contribution in [3.8, 4) is 0 Å². The molecule has 0 aliphatic carbocycles. The molecule has 3 aromatic rings. The monoisotopic (exact) mass is 350 g/mol. The second-order valence-corrected chi connectivity index (χ2v) is 5.67. The number of rotatable bonds is 5. The Kier molecular flexibility index (Phi) is 5.07. The van der Waals surface area contributed by atoms with Gasteiger partial charge in [-0.05, 0) is 24.6 Å². The van der Waals surface area contributed by atoms with Gasteiger partial charge in [-0.3, -0.25) is 15.0 Å². The zero-order valence-corrected chi connectivity index (χ0v) is 14.5. The lowest BCUT2D eigenvalue weighted by Gasteiger charge is -2.12. The summed E-state index contributed by atoms with van der Waals surface area (Å²) >= 11 is 0. The van der Waals surface area contributed by atoms with Crippen LogP contribution in [0.2, 0.25) is 0 Å². The van der Waals surface area contributed by atoms with Crippen LogP contribution >= 0.6 is 0 Å². The Morgan fingerprint density at radius 2 is 1.81 bits per heavy atom. The van der Waals surface area contributed by atoms with E-state index in [9.17, 15) is 9.59 Å². The number of amides is 1. The number of nitrogens with zero attached hydrogens (tertiary/aromatic N) is 3. The molecule has 0 saturated carbocycles. The molecule has 2 aromatic carbocycles. The van der Waals surface area contributed by atoms with E-state index in [1.807, 2.05) is 37.3 Å². The molecule has 132 valence electrons. The molecular weight excluding hydrogens is 332 g/mol. The Labute approximate surface area is 149 Å². The normalized spacial score (nSPS) is 11.4. The molecule has 26 heavy (non-hydrogen) atoms.